The van der Waals surface area contributed by atoms with Crippen molar-refractivity contribution in [1.82, 2.24) is 0 Å². The Hall–Kier alpha value is -3.98. The molecule has 0 aromatic heterocycles. The molecule has 1 aliphatic heterocycles. The number of benzene rings is 5. The summed E-state index contributed by atoms with van der Waals surface area (Å²) in [4.78, 5) is 37.6. The fourth-order valence-corrected chi connectivity index (χ4v) is 6.32. The quantitative estimate of drug-likeness (QED) is 0.0966. The van der Waals surface area contributed by atoms with Crippen LogP contribution in [0, 0.1) is 0 Å². The van der Waals surface area contributed by atoms with Gasteiger partial charge in [-0.25, -0.2) is 9.59 Å². The van der Waals surface area contributed by atoms with Crippen molar-refractivity contribution in [2.75, 3.05) is 0 Å². The van der Waals surface area contributed by atoms with Crippen LogP contribution in [0.5, 0.6) is 5.75 Å². The number of phenolic OH excluding ortho intramolecular Hbond substituents is 1. The molecule has 3 N–H and O–H groups in total. The van der Waals surface area contributed by atoms with Crippen LogP contribution < -0.4 is 5.43 Å². The number of halogens is 5. The zero-order chi connectivity index (χ0) is 30.9. The summed E-state index contributed by atoms with van der Waals surface area (Å²) in [6.45, 7) is 0. The van der Waals surface area contributed by atoms with E-state index in [1.165, 1.54) is 36.4 Å². The first-order valence-corrected chi connectivity index (χ1v) is 14.1. The molecule has 4 aromatic carbocycles. The van der Waals surface area contributed by atoms with E-state index >= 15 is 0 Å². The Kier molecular flexibility index (Phi) is 7.19. The van der Waals surface area contributed by atoms with E-state index in [2.05, 4.69) is 0 Å². The third kappa shape index (κ3) is 4.65. The van der Waals surface area contributed by atoms with E-state index in [0.717, 1.165) is 0 Å². The van der Waals surface area contributed by atoms with Gasteiger partial charge in [0.2, 0.25) is 0 Å². The summed E-state index contributed by atoms with van der Waals surface area (Å²) in [6.07, 6.45) is 0. The molecule has 0 atom stereocenters. The molecule has 7 nitrogen and oxygen atoms in total. The van der Waals surface area contributed by atoms with Gasteiger partial charge in [-0.3, -0.25) is 4.79 Å². The van der Waals surface area contributed by atoms with E-state index in [9.17, 15) is 29.7 Å². The lowest BCUT2D eigenvalue weighted by atomic mass is 9.88. The highest BCUT2D eigenvalue weighted by Crippen LogP contribution is 2.51. The number of carboxylic acids is 2. The van der Waals surface area contributed by atoms with Crippen molar-refractivity contribution in [3.63, 3.8) is 0 Å². The van der Waals surface area contributed by atoms with Crippen molar-refractivity contribution >= 4 is 91.7 Å². The van der Waals surface area contributed by atoms with Crippen molar-refractivity contribution in [3.8, 4) is 39.3 Å². The standard InChI is InChI=1S/C31H13Cl5O7/c32-18-8-17-22(10-20(18)38)43-21-9-19(37)15(14-3-1-2-11-6-12(30(39)40)4-5-13(11)14)7-16(21)23(17)24-25(31(41)42)27(34)29(36)28(35)26(24)33/h1-10,38H,(H,39,40)(H,41,42). The monoisotopic (exact) mass is 672 g/mol. The maximum Gasteiger partial charge on any atom is 0.337 e. The normalized spacial score (nSPS) is 11.5. The second-order valence-electron chi connectivity index (χ2n) is 9.48. The number of carbonyl (C=O) groups is 2. The van der Waals surface area contributed by atoms with Crippen LogP contribution in [0.25, 0.3) is 55.3 Å². The molecule has 12 heteroatoms. The molecule has 0 spiro atoms. The fraction of sp³-hybridized carbons (Fsp3) is 0. The number of hydrogen-bond donors (Lipinski definition) is 3. The molecule has 43 heavy (non-hydrogen) atoms. The highest BCUT2D eigenvalue weighted by molar-refractivity contribution is 6.54. The number of aromatic hydroxyl groups is 1. The highest BCUT2D eigenvalue weighted by Gasteiger charge is 2.31. The molecule has 0 radical (unpaired) electrons. The number of carboxylic acid groups (broad SMARTS) is 2. The largest absolute Gasteiger partial charge is 0.506 e. The number of fused-ring (bicyclic) bond motifs is 3. The maximum absolute atomic E-state index is 13.5. The van der Waals surface area contributed by atoms with Crippen LogP contribution in [0.3, 0.4) is 0 Å². The average molecular weight is 675 g/mol. The predicted octanol–water partition coefficient (Wildman–Crippen LogP) is 9.75. The average Bonchev–Trinajstić information content (AvgIpc) is 2.96. The summed E-state index contributed by atoms with van der Waals surface area (Å²) < 4.78 is 6.00. The molecular weight excluding hydrogens is 662 g/mol. The summed E-state index contributed by atoms with van der Waals surface area (Å²) in [7, 11) is 0. The highest BCUT2D eigenvalue weighted by atomic mass is 35.5. The molecule has 4 aromatic rings. The molecule has 0 unspecified atom stereocenters. The Balaban J connectivity index is 1.81. The number of hydrogen-bond acceptors (Lipinski definition) is 5. The Labute approximate surface area is 266 Å². The van der Waals surface area contributed by atoms with Crippen LogP contribution in [0.4, 0.5) is 0 Å². The van der Waals surface area contributed by atoms with E-state index in [4.69, 9.17) is 62.4 Å². The third-order valence-corrected chi connectivity index (χ3v) is 9.14. The van der Waals surface area contributed by atoms with Crippen molar-refractivity contribution < 1.29 is 29.3 Å². The SMILES string of the molecule is O=C(O)c1ccc2c(-c3cc4c(-c5c(Cl)c(Cl)c(Cl)c(Cl)c5C(=O)O)c5cc(Cl)c(O)cc5oc-4cc3=O)cccc2c1. The minimum absolute atomic E-state index is 0.0287. The second-order valence-corrected chi connectivity index (χ2v) is 11.4. The smallest absolute Gasteiger partial charge is 0.337 e. The van der Waals surface area contributed by atoms with Gasteiger partial charge in [-0.15, -0.1) is 0 Å². The molecule has 6 rings (SSSR count). The molecule has 214 valence electrons. The van der Waals surface area contributed by atoms with Gasteiger partial charge in [0.25, 0.3) is 0 Å². The van der Waals surface area contributed by atoms with Crippen LogP contribution in [0.15, 0.2) is 69.9 Å². The minimum Gasteiger partial charge on any atom is -0.506 e. The predicted molar refractivity (Wildman–Crippen MR) is 168 cm³/mol. The molecule has 0 fully saturated rings. The lowest BCUT2D eigenvalue weighted by molar-refractivity contribution is 0.0686. The summed E-state index contributed by atoms with van der Waals surface area (Å²) in [6, 6.07) is 14.9. The summed E-state index contributed by atoms with van der Waals surface area (Å²) in [5.41, 5.74) is 0.161. The first-order valence-electron chi connectivity index (χ1n) is 12.2. The first kappa shape index (κ1) is 29.1. The Morgan fingerprint density at radius 3 is 2.09 bits per heavy atom. The number of aromatic carboxylic acids is 2. The van der Waals surface area contributed by atoms with Gasteiger partial charge < -0.3 is 19.7 Å². The van der Waals surface area contributed by atoms with Gasteiger partial charge in [0.1, 0.15) is 17.1 Å². The van der Waals surface area contributed by atoms with Gasteiger partial charge >= 0.3 is 11.9 Å². The van der Waals surface area contributed by atoms with Crippen molar-refractivity contribution in [1.29, 1.82) is 0 Å². The Bertz CT molecular complexity index is 2240. The molecular formula is C31H13Cl5O7. The zero-order valence-corrected chi connectivity index (χ0v) is 24.9. The number of rotatable bonds is 4. The molecule has 2 aliphatic rings. The van der Waals surface area contributed by atoms with Crippen LogP contribution in [0.1, 0.15) is 20.7 Å². The first-order chi connectivity index (χ1) is 20.4. The van der Waals surface area contributed by atoms with Gasteiger partial charge in [0.15, 0.2) is 5.43 Å². The van der Waals surface area contributed by atoms with Crippen molar-refractivity contribution in [3.05, 3.63) is 107 Å². The van der Waals surface area contributed by atoms with Gasteiger partial charge in [-0.05, 0) is 40.6 Å². The van der Waals surface area contributed by atoms with Gasteiger partial charge in [0.05, 0.1) is 36.2 Å². The van der Waals surface area contributed by atoms with Crippen molar-refractivity contribution in [2.24, 2.45) is 0 Å². The lowest BCUT2D eigenvalue weighted by Crippen LogP contribution is -2.08. The van der Waals surface area contributed by atoms with Crippen LogP contribution in [-0.2, 0) is 0 Å². The molecule has 0 bridgehead atoms. The van der Waals surface area contributed by atoms with Gasteiger partial charge in [-0.1, -0.05) is 82.3 Å². The third-order valence-electron chi connectivity index (χ3n) is 7.04. The van der Waals surface area contributed by atoms with Crippen LogP contribution in [-0.4, -0.2) is 27.3 Å². The molecule has 1 heterocycles. The van der Waals surface area contributed by atoms with Crippen LogP contribution >= 0.6 is 58.0 Å². The van der Waals surface area contributed by atoms with Gasteiger partial charge in [0, 0.05) is 39.8 Å². The summed E-state index contributed by atoms with van der Waals surface area (Å²) >= 11 is 32.0. The maximum atomic E-state index is 13.5. The van der Waals surface area contributed by atoms with Crippen LogP contribution in [0.2, 0.25) is 25.1 Å². The molecule has 1 aliphatic carbocycles. The Morgan fingerprint density at radius 1 is 0.674 bits per heavy atom. The second kappa shape index (κ2) is 10.6. The summed E-state index contributed by atoms with van der Waals surface area (Å²) in [5, 5.41) is 30.2. The van der Waals surface area contributed by atoms with E-state index in [1.807, 2.05) is 0 Å². The van der Waals surface area contributed by atoms with E-state index < -0.39 is 22.9 Å². The minimum atomic E-state index is -1.46. The van der Waals surface area contributed by atoms with E-state index in [0.29, 0.717) is 16.3 Å². The molecule has 0 saturated heterocycles. The topological polar surface area (TPSA) is 125 Å². The zero-order valence-electron chi connectivity index (χ0n) is 21.1. The lowest BCUT2D eigenvalue weighted by Gasteiger charge is -2.21. The fourth-order valence-electron chi connectivity index (χ4n) is 5.13. The molecule has 0 saturated carbocycles. The van der Waals surface area contributed by atoms with E-state index in [-0.39, 0.29) is 75.4 Å². The number of phenols is 1. The molecule has 0 amide bonds. The van der Waals surface area contributed by atoms with Gasteiger partial charge in [-0.2, -0.15) is 0 Å². The summed E-state index contributed by atoms with van der Waals surface area (Å²) in [5.74, 6) is -2.86. The van der Waals surface area contributed by atoms with E-state index in [1.54, 1.807) is 24.3 Å². The Morgan fingerprint density at radius 2 is 1.40 bits per heavy atom. The van der Waals surface area contributed by atoms with Crippen molar-refractivity contribution in [2.45, 2.75) is 0 Å².